The maximum atomic E-state index is 13.9. The standard InChI is InChI=1S/C24H19Cl2F2N3O2/c25-16-3-1-13(20(26)9-16)8-22(29)24(33)31-11-14-2-5-18(7-15(14)12-31)30-23(32)19-10-17(27)4-6-21(19)28/h1-7,9-10,22H,8,11-12,29H2,(H,30,32). The molecule has 33 heavy (non-hydrogen) atoms. The van der Waals surface area contributed by atoms with Gasteiger partial charge in [-0.1, -0.05) is 35.3 Å². The first-order chi connectivity index (χ1) is 15.7. The van der Waals surface area contributed by atoms with Gasteiger partial charge in [0.05, 0.1) is 11.6 Å². The maximum absolute atomic E-state index is 13.9. The molecule has 3 aromatic rings. The molecule has 0 bridgehead atoms. The van der Waals surface area contributed by atoms with E-state index in [4.69, 9.17) is 28.9 Å². The molecule has 1 aliphatic heterocycles. The van der Waals surface area contributed by atoms with Gasteiger partial charge in [0.25, 0.3) is 5.91 Å². The van der Waals surface area contributed by atoms with Gasteiger partial charge in [-0.2, -0.15) is 0 Å². The summed E-state index contributed by atoms with van der Waals surface area (Å²) in [5.74, 6) is -2.52. The fourth-order valence-electron chi connectivity index (χ4n) is 3.74. The van der Waals surface area contributed by atoms with Crippen molar-refractivity contribution in [3.05, 3.63) is 98.5 Å². The third kappa shape index (κ3) is 5.16. The number of amides is 2. The average Bonchev–Trinajstić information content (AvgIpc) is 3.20. The number of rotatable bonds is 5. The van der Waals surface area contributed by atoms with Crippen molar-refractivity contribution in [1.29, 1.82) is 0 Å². The van der Waals surface area contributed by atoms with Crippen LogP contribution in [0, 0.1) is 11.6 Å². The van der Waals surface area contributed by atoms with Crippen molar-refractivity contribution in [2.45, 2.75) is 25.6 Å². The van der Waals surface area contributed by atoms with Gasteiger partial charge in [0.1, 0.15) is 11.6 Å². The number of hydrogen-bond donors (Lipinski definition) is 2. The topological polar surface area (TPSA) is 75.4 Å². The average molecular weight is 490 g/mol. The van der Waals surface area contributed by atoms with E-state index in [0.29, 0.717) is 28.8 Å². The van der Waals surface area contributed by atoms with Gasteiger partial charge in [-0.3, -0.25) is 9.59 Å². The number of benzene rings is 3. The Balaban J connectivity index is 1.42. The Morgan fingerprint density at radius 3 is 2.52 bits per heavy atom. The molecular weight excluding hydrogens is 471 g/mol. The molecule has 0 saturated heterocycles. The van der Waals surface area contributed by atoms with E-state index in [0.717, 1.165) is 34.9 Å². The van der Waals surface area contributed by atoms with E-state index >= 15 is 0 Å². The van der Waals surface area contributed by atoms with Crippen molar-refractivity contribution < 1.29 is 18.4 Å². The summed E-state index contributed by atoms with van der Waals surface area (Å²) in [6, 6.07) is 12.1. The summed E-state index contributed by atoms with van der Waals surface area (Å²) >= 11 is 12.1. The van der Waals surface area contributed by atoms with E-state index in [2.05, 4.69) is 5.32 Å². The summed E-state index contributed by atoms with van der Waals surface area (Å²) in [6.45, 7) is 0.692. The number of halogens is 4. The van der Waals surface area contributed by atoms with Crippen molar-refractivity contribution in [1.82, 2.24) is 4.90 Å². The van der Waals surface area contributed by atoms with Crippen LogP contribution < -0.4 is 11.1 Å². The van der Waals surface area contributed by atoms with Gasteiger partial charge >= 0.3 is 0 Å². The molecule has 0 radical (unpaired) electrons. The van der Waals surface area contributed by atoms with Crippen LogP contribution in [0.25, 0.3) is 0 Å². The largest absolute Gasteiger partial charge is 0.333 e. The van der Waals surface area contributed by atoms with Gasteiger partial charge in [0.2, 0.25) is 5.91 Å². The smallest absolute Gasteiger partial charge is 0.258 e. The third-order valence-electron chi connectivity index (χ3n) is 5.44. The second-order valence-corrected chi connectivity index (χ2v) is 8.65. The number of hydrogen-bond acceptors (Lipinski definition) is 3. The first kappa shape index (κ1) is 23.2. The molecule has 9 heteroatoms. The summed E-state index contributed by atoms with van der Waals surface area (Å²) in [5, 5.41) is 3.52. The zero-order valence-corrected chi connectivity index (χ0v) is 18.8. The Morgan fingerprint density at radius 2 is 1.76 bits per heavy atom. The highest BCUT2D eigenvalue weighted by Crippen LogP contribution is 2.28. The summed E-state index contributed by atoms with van der Waals surface area (Å²) in [6.07, 6.45) is 0.266. The van der Waals surface area contributed by atoms with Gasteiger partial charge in [-0.05, 0) is 65.6 Å². The molecule has 1 atom stereocenters. The second-order valence-electron chi connectivity index (χ2n) is 7.80. The van der Waals surface area contributed by atoms with Crippen LogP contribution in [0.2, 0.25) is 10.0 Å². The molecular formula is C24H19Cl2F2N3O2. The summed E-state index contributed by atoms with van der Waals surface area (Å²) < 4.78 is 27.2. The van der Waals surface area contributed by atoms with E-state index in [-0.39, 0.29) is 17.9 Å². The van der Waals surface area contributed by atoms with Crippen molar-refractivity contribution in [3.63, 3.8) is 0 Å². The molecule has 170 valence electrons. The Labute approximate surface area is 199 Å². The monoisotopic (exact) mass is 489 g/mol. The Hall–Kier alpha value is -3.00. The van der Waals surface area contributed by atoms with Crippen molar-refractivity contribution >= 4 is 40.7 Å². The van der Waals surface area contributed by atoms with E-state index in [1.165, 1.54) is 0 Å². The zero-order valence-electron chi connectivity index (χ0n) is 17.2. The molecule has 3 N–H and O–H groups in total. The van der Waals surface area contributed by atoms with Crippen LogP contribution in [0.15, 0.2) is 54.6 Å². The molecule has 0 aliphatic carbocycles. The Morgan fingerprint density at radius 1 is 1.00 bits per heavy atom. The molecule has 1 aliphatic rings. The minimum absolute atomic E-state index is 0.232. The number of nitrogens with one attached hydrogen (secondary N) is 1. The SMILES string of the molecule is NC(Cc1ccc(Cl)cc1Cl)C(=O)N1Cc2ccc(NC(=O)c3cc(F)ccc3F)cc2C1. The second kappa shape index (κ2) is 9.47. The van der Waals surface area contributed by atoms with Crippen LogP contribution in [-0.4, -0.2) is 22.8 Å². The van der Waals surface area contributed by atoms with Gasteiger partial charge in [-0.25, -0.2) is 8.78 Å². The predicted molar refractivity (Wildman–Crippen MR) is 123 cm³/mol. The summed E-state index contributed by atoms with van der Waals surface area (Å²) in [4.78, 5) is 26.9. The van der Waals surface area contributed by atoms with E-state index in [9.17, 15) is 18.4 Å². The van der Waals surface area contributed by atoms with Crippen LogP contribution in [0.5, 0.6) is 0 Å². The number of carbonyl (C=O) groups excluding carboxylic acids is 2. The maximum Gasteiger partial charge on any atom is 0.258 e. The molecule has 1 unspecified atom stereocenters. The highest BCUT2D eigenvalue weighted by Gasteiger charge is 2.28. The molecule has 0 spiro atoms. The van der Waals surface area contributed by atoms with Gasteiger partial charge in [0.15, 0.2) is 0 Å². The fraction of sp³-hybridized carbons (Fsp3) is 0.167. The number of anilines is 1. The van der Waals surface area contributed by atoms with E-state index < -0.39 is 23.6 Å². The molecule has 1 heterocycles. The molecule has 0 fully saturated rings. The molecule has 0 saturated carbocycles. The lowest BCUT2D eigenvalue weighted by Crippen LogP contribution is -2.42. The summed E-state index contributed by atoms with van der Waals surface area (Å²) in [5.41, 5.74) is 8.65. The first-order valence-corrected chi connectivity index (χ1v) is 10.8. The predicted octanol–water partition coefficient (Wildman–Crippen LogP) is 4.94. The number of fused-ring (bicyclic) bond motifs is 1. The molecule has 2 amide bonds. The van der Waals surface area contributed by atoms with Crippen LogP contribution in [0.4, 0.5) is 14.5 Å². The van der Waals surface area contributed by atoms with Crippen molar-refractivity contribution in [3.8, 4) is 0 Å². The van der Waals surface area contributed by atoms with Crippen molar-refractivity contribution in [2.75, 3.05) is 5.32 Å². The Bertz CT molecular complexity index is 1250. The zero-order chi connectivity index (χ0) is 23.7. The van der Waals surface area contributed by atoms with Crippen LogP contribution in [0.3, 0.4) is 0 Å². The minimum Gasteiger partial charge on any atom is -0.333 e. The first-order valence-electron chi connectivity index (χ1n) is 10.1. The lowest BCUT2D eigenvalue weighted by molar-refractivity contribution is -0.133. The normalized spacial score (nSPS) is 13.5. The highest BCUT2D eigenvalue weighted by atomic mass is 35.5. The van der Waals surface area contributed by atoms with Crippen LogP contribution >= 0.6 is 23.2 Å². The lowest BCUT2D eigenvalue weighted by Gasteiger charge is -2.20. The van der Waals surface area contributed by atoms with E-state index in [1.807, 2.05) is 0 Å². The Kier molecular flexibility index (Phi) is 6.65. The molecule has 5 nitrogen and oxygen atoms in total. The highest BCUT2D eigenvalue weighted by molar-refractivity contribution is 6.35. The molecule has 4 rings (SSSR count). The van der Waals surface area contributed by atoms with Crippen LogP contribution in [-0.2, 0) is 24.3 Å². The minimum atomic E-state index is -0.818. The van der Waals surface area contributed by atoms with Crippen molar-refractivity contribution in [2.24, 2.45) is 5.73 Å². The third-order valence-corrected chi connectivity index (χ3v) is 6.03. The fourth-order valence-corrected chi connectivity index (χ4v) is 4.23. The van der Waals surface area contributed by atoms with Crippen LogP contribution in [0.1, 0.15) is 27.0 Å². The molecule has 3 aromatic carbocycles. The number of carbonyl (C=O) groups is 2. The quantitative estimate of drug-likeness (QED) is 0.533. The lowest BCUT2D eigenvalue weighted by atomic mass is 10.1. The van der Waals surface area contributed by atoms with E-state index in [1.54, 1.807) is 41.3 Å². The van der Waals surface area contributed by atoms with Gasteiger partial charge < -0.3 is 16.0 Å². The van der Waals surface area contributed by atoms with Gasteiger partial charge in [0, 0.05) is 28.8 Å². The summed E-state index contributed by atoms with van der Waals surface area (Å²) in [7, 11) is 0. The molecule has 0 aromatic heterocycles. The van der Waals surface area contributed by atoms with Gasteiger partial charge in [-0.15, -0.1) is 0 Å². The number of nitrogens with zero attached hydrogens (tertiary/aromatic N) is 1. The number of nitrogens with two attached hydrogens (primary N) is 1.